The molecule has 1 amide bonds. The van der Waals surface area contributed by atoms with Crippen molar-refractivity contribution in [2.75, 3.05) is 54.2 Å². The maximum absolute atomic E-state index is 13.0. The zero-order chi connectivity index (χ0) is 20.4. The molecule has 0 N–H and O–H groups in total. The molecule has 3 aliphatic heterocycles. The number of hydrogen-bond donors (Lipinski definition) is 0. The first-order valence-corrected chi connectivity index (χ1v) is 10.4. The minimum Gasteiger partial charge on any atom is -0.481 e. The Kier molecular flexibility index (Phi) is 5.94. The third kappa shape index (κ3) is 3.58. The Hall–Kier alpha value is -1.90. The minimum absolute atomic E-state index is 0.0328. The summed E-state index contributed by atoms with van der Waals surface area (Å²) < 4.78 is 21.8. The number of nitrogens with zero attached hydrogens (tertiary/aromatic N) is 3. The van der Waals surface area contributed by atoms with Crippen LogP contribution < -0.4 is 9.47 Å². The minimum atomic E-state index is -0.0328. The van der Waals surface area contributed by atoms with Crippen LogP contribution in [-0.2, 0) is 9.47 Å². The third-order valence-electron chi connectivity index (χ3n) is 6.84. The molecule has 4 heterocycles. The lowest BCUT2D eigenvalue weighted by Gasteiger charge is -2.63. The van der Waals surface area contributed by atoms with E-state index in [1.165, 1.54) is 7.11 Å². The highest BCUT2D eigenvalue weighted by atomic mass is 16.5. The van der Waals surface area contributed by atoms with Gasteiger partial charge in [-0.05, 0) is 31.7 Å². The topological polar surface area (TPSA) is 73.4 Å². The van der Waals surface area contributed by atoms with E-state index in [1.54, 1.807) is 19.2 Å². The molecule has 8 heteroatoms. The van der Waals surface area contributed by atoms with E-state index < -0.39 is 0 Å². The molecule has 0 aliphatic carbocycles. The average Bonchev–Trinajstić information content (AvgIpc) is 2.78. The van der Waals surface area contributed by atoms with E-state index in [0.717, 1.165) is 58.5 Å². The average molecular weight is 405 g/mol. The summed E-state index contributed by atoms with van der Waals surface area (Å²) in [4.78, 5) is 21.8. The lowest BCUT2D eigenvalue weighted by Crippen LogP contribution is -2.75. The quantitative estimate of drug-likeness (QED) is 0.736. The number of piperidine rings is 1. The smallest absolute Gasteiger partial charge is 0.259 e. The molecule has 0 bridgehead atoms. The van der Waals surface area contributed by atoms with Gasteiger partial charge in [-0.1, -0.05) is 0 Å². The fraction of sp³-hybridized carbons (Fsp3) is 0.714. The second-order valence-electron chi connectivity index (χ2n) is 8.03. The maximum atomic E-state index is 13.0. The standard InChI is InChI=1S/C21H31N3O5/c1-26-17-14-24(21(17)8-12-29-13-9-21)15-6-10-23(11-7-15)20(25)16-4-5-18(27-2)22-19(16)28-3/h4-5,15,17H,6-14H2,1-3H3. The van der Waals surface area contributed by atoms with Gasteiger partial charge in [-0.2, -0.15) is 4.98 Å². The molecule has 0 aromatic carbocycles. The van der Waals surface area contributed by atoms with Crippen molar-refractivity contribution < 1.29 is 23.7 Å². The molecule has 29 heavy (non-hydrogen) atoms. The van der Waals surface area contributed by atoms with E-state index in [1.807, 2.05) is 12.0 Å². The summed E-state index contributed by atoms with van der Waals surface area (Å²) >= 11 is 0. The zero-order valence-electron chi connectivity index (χ0n) is 17.6. The van der Waals surface area contributed by atoms with Crippen LogP contribution in [0.2, 0.25) is 0 Å². The number of ether oxygens (including phenoxy) is 4. The summed E-state index contributed by atoms with van der Waals surface area (Å²) in [6.07, 6.45) is 4.28. The molecule has 1 spiro atoms. The summed E-state index contributed by atoms with van der Waals surface area (Å²) in [5.41, 5.74) is 0.600. The molecule has 4 rings (SSSR count). The maximum Gasteiger partial charge on any atom is 0.259 e. The van der Waals surface area contributed by atoms with Crippen molar-refractivity contribution in [3.8, 4) is 11.8 Å². The van der Waals surface area contributed by atoms with E-state index in [9.17, 15) is 4.79 Å². The summed E-state index contributed by atoms with van der Waals surface area (Å²) in [6.45, 7) is 4.06. The Morgan fingerprint density at radius 1 is 1.14 bits per heavy atom. The number of aromatic nitrogens is 1. The predicted molar refractivity (Wildman–Crippen MR) is 107 cm³/mol. The summed E-state index contributed by atoms with van der Waals surface area (Å²) in [5.74, 6) is 0.710. The van der Waals surface area contributed by atoms with Crippen LogP contribution in [0.4, 0.5) is 0 Å². The fourth-order valence-corrected chi connectivity index (χ4v) is 5.15. The molecule has 1 aromatic heterocycles. The number of amides is 1. The van der Waals surface area contributed by atoms with Crippen LogP contribution in [0.15, 0.2) is 12.1 Å². The van der Waals surface area contributed by atoms with Crippen LogP contribution in [-0.4, -0.2) is 92.6 Å². The van der Waals surface area contributed by atoms with Crippen molar-refractivity contribution in [2.45, 2.75) is 43.4 Å². The van der Waals surface area contributed by atoms with Crippen LogP contribution in [0.25, 0.3) is 0 Å². The molecule has 3 aliphatic rings. The Labute approximate surface area is 172 Å². The first-order valence-electron chi connectivity index (χ1n) is 10.4. The largest absolute Gasteiger partial charge is 0.481 e. The van der Waals surface area contributed by atoms with E-state index in [4.69, 9.17) is 18.9 Å². The molecule has 1 atom stereocenters. The fourth-order valence-electron chi connectivity index (χ4n) is 5.15. The van der Waals surface area contributed by atoms with Gasteiger partial charge in [0.1, 0.15) is 5.56 Å². The molecular formula is C21H31N3O5. The van der Waals surface area contributed by atoms with E-state index in [-0.39, 0.29) is 11.4 Å². The van der Waals surface area contributed by atoms with Crippen molar-refractivity contribution in [3.63, 3.8) is 0 Å². The second-order valence-corrected chi connectivity index (χ2v) is 8.03. The SMILES string of the molecule is COc1ccc(C(=O)N2CCC(N3CC(OC)C34CCOCC4)CC2)c(OC)n1. The predicted octanol–water partition coefficient (Wildman–Crippen LogP) is 1.58. The van der Waals surface area contributed by atoms with Crippen LogP contribution in [0.3, 0.4) is 0 Å². The van der Waals surface area contributed by atoms with Crippen molar-refractivity contribution in [1.82, 2.24) is 14.8 Å². The van der Waals surface area contributed by atoms with Crippen molar-refractivity contribution >= 4 is 5.91 Å². The summed E-state index contributed by atoms with van der Waals surface area (Å²) in [7, 11) is 4.88. The van der Waals surface area contributed by atoms with Gasteiger partial charge in [0.2, 0.25) is 11.8 Å². The number of carbonyl (C=O) groups is 1. The number of rotatable bonds is 5. The summed E-state index contributed by atoms with van der Waals surface area (Å²) in [6, 6.07) is 3.91. The number of carbonyl (C=O) groups excluding carboxylic acids is 1. The molecule has 3 fully saturated rings. The molecule has 1 aromatic rings. The van der Waals surface area contributed by atoms with Gasteiger partial charge in [0.25, 0.3) is 5.91 Å². The Balaban J connectivity index is 1.40. The van der Waals surface area contributed by atoms with Crippen molar-refractivity contribution in [2.24, 2.45) is 0 Å². The van der Waals surface area contributed by atoms with Crippen molar-refractivity contribution in [3.05, 3.63) is 17.7 Å². The molecule has 3 saturated heterocycles. The molecule has 0 saturated carbocycles. The molecular weight excluding hydrogens is 374 g/mol. The Morgan fingerprint density at radius 2 is 1.86 bits per heavy atom. The van der Waals surface area contributed by atoms with Crippen LogP contribution >= 0.6 is 0 Å². The molecule has 160 valence electrons. The van der Waals surface area contributed by atoms with E-state index in [2.05, 4.69) is 9.88 Å². The van der Waals surface area contributed by atoms with Gasteiger partial charge < -0.3 is 23.8 Å². The summed E-state index contributed by atoms with van der Waals surface area (Å²) in [5, 5.41) is 0. The van der Waals surface area contributed by atoms with Crippen LogP contribution in [0.1, 0.15) is 36.0 Å². The molecule has 1 unspecified atom stereocenters. The van der Waals surface area contributed by atoms with Crippen molar-refractivity contribution in [1.29, 1.82) is 0 Å². The second kappa shape index (κ2) is 8.45. The highest BCUT2D eigenvalue weighted by molar-refractivity contribution is 5.96. The highest BCUT2D eigenvalue weighted by Crippen LogP contribution is 2.44. The number of pyridine rings is 1. The van der Waals surface area contributed by atoms with Crippen LogP contribution in [0.5, 0.6) is 11.8 Å². The first-order chi connectivity index (χ1) is 14.1. The first kappa shape index (κ1) is 20.4. The van der Waals surface area contributed by atoms with E-state index >= 15 is 0 Å². The van der Waals surface area contributed by atoms with Gasteiger partial charge in [0, 0.05) is 52.1 Å². The van der Waals surface area contributed by atoms with Gasteiger partial charge in [-0.3, -0.25) is 9.69 Å². The normalized spacial score (nSPS) is 24.9. The van der Waals surface area contributed by atoms with Gasteiger partial charge in [-0.25, -0.2) is 0 Å². The van der Waals surface area contributed by atoms with Crippen LogP contribution in [0, 0.1) is 0 Å². The molecule has 0 radical (unpaired) electrons. The molecule has 8 nitrogen and oxygen atoms in total. The highest BCUT2D eigenvalue weighted by Gasteiger charge is 2.56. The lowest BCUT2D eigenvalue weighted by atomic mass is 9.73. The van der Waals surface area contributed by atoms with Gasteiger partial charge in [0.05, 0.1) is 25.9 Å². The zero-order valence-corrected chi connectivity index (χ0v) is 17.6. The third-order valence-corrected chi connectivity index (χ3v) is 6.84. The number of methoxy groups -OCH3 is 3. The van der Waals surface area contributed by atoms with E-state index in [0.29, 0.717) is 29.5 Å². The number of likely N-dealkylation sites (tertiary alicyclic amines) is 2. The van der Waals surface area contributed by atoms with Gasteiger partial charge >= 0.3 is 0 Å². The lowest BCUT2D eigenvalue weighted by molar-refractivity contribution is -0.207. The Morgan fingerprint density at radius 3 is 2.48 bits per heavy atom. The Bertz CT molecular complexity index is 729. The monoisotopic (exact) mass is 405 g/mol. The number of hydrogen-bond acceptors (Lipinski definition) is 7. The van der Waals surface area contributed by atoms with Gasteiger partial charge in [-0.15, -0.1) is 0 Å². The van der Waals surface area contributed by atoms with Gasteiger partial charge in [0.15, 0.2) is 0 Å².